The zero-order chi connectivity index (χ0) is 16.1. The Morgan fingerprint density at radius 2 is 2.14 bits per heavy atom. The zero-order valence-electron chi connectivity index (χ0n) is 13.2. The van der Waals surface area contributed by atoms with Gasteiger partial charge in [-0.15, -0.1) is 0 Å². The van der Waals surface area contributed by atoms with Crippen molar-refractivity contribution in [1.82, 2.24) is 19.3 Å². The van der Waals surface area contributed by atoms with Crippen molar-refractivity contribution in [3.05, 3.63) is 42.3 Å². The molecule has 0 aliphatic rings. The molecular weight excluding hydrogens is 280 g/mol. The third-order valence-electron chi connectivity index (χ3n) is 3.32. The number of nitrogens with zero attached hydrogens (tertiary/aromatic N) is 5. The Morgan fingerprint density at radius 1 is 1.36 bits per heavy atom. The lowest BCUT2D eigenvalue weighted by molar-refractivity contribution is 0.253. The fourth-order valence-electron chi connectivity index (χ4n) is 2.01. The second-order valence-electron chi connectivity index (χ2n) is 5.11. The summed E-state index contributed by atoms with van der Waals surface area (Å²) in [5, 5.41) is 7.04. The first kappa shape index (κ1) is 15.7. The Hall–Kier alpha value is -2.70. The molecule has 0 unspecified atom stereocenters. The van der Waals surface area contributed by atoms with Gasteiger partial charge in [0.05, 0.1) is 18.4 Å². The Morgan fingerprint density at radius 3 is 2.73 bits per heavy atom. The first-order chi connectivity index (χ1) is 10.5. The molecule has 0 radical (unpaired) electrons. The molecule has 0 aromatic carbocycles. The number of amides is 1. The lowest BCUT2D eigenvalue weighted by Crippen LogP contribution is -2.17. The molecule has 0 aliphatic heterocycles. The molecular formula is C15H20N6O. The van der Waals surface area contributed by atoms with E-state index < -0.39 is 0 Å². The maximum Gasteiger partial charge on any atom is 0.331 e. The molecule has 0 bridgehead atoms. The van der Waals surface area contributed by atoms with E-state index in [4.69, 9.17) is 0 Å². The molecule has 1 N–H and O–H groups in total. The van der Waals surface area contributed by atoms with Gasteiger partial charge >= 0.3 is 6.03 Å². The van der Waals surface area contributed by atoms with Gasteiger partial charge in [0.2, 0.25) is 0 Å². The molecule has 116 valence electrons. The van der Waals surface area contributed by atoms with Gasteiger partial charge in [0.25, 0.3) is 0 Å². The van der Waals surface area contributed by atoms with Crippen LogP contribution in [0.4, 0.5) is 10.5 Å². The molecule has 0 aliphatic carbocycles. The molecule has 0 atom stereocenters. The fraction of sp³-hybridized carbons (Fsp3) is 0.333. The van der Waals surface area contributed by atoms with Crippen molar-refractivity contribution in [3.63, 3.8) is 0 Å². The van der Waals surface area contributed by atoms with Crippen molar-refractivity contribution in [2.45, 2.75) is 27.3 Å². The first-order valence-corrected chi connectivity index (χ1v) is 6.93. The standard InChI is InChI=1S/C15H20N6O/c1-11(2)14(12(3)16-4)9-21-8-13(7-18-21)19-15(22)20-6-5-17-10-20/h5-8,10H,9H2,1-4H3,(H,19,22). The number of hydrogen-bond acceptors (Lipinski definition) is 4. The maximum absolute atomic E-state index is 11.9. The minimum absolute atomic E-state index is 0.272. The molecule has 1 amide bonds. The smallest absolute Gasteiger partial charge is 0.304 e. The summed E-state index contributed by atoms with van der Waals surface area (Å²) in [6.45, 7) is 6.70. The highest BCUT2D eigenvalue weighted by molar-refractivity contribution is 5.98. The summed E-state index contributed by atoms with van der Waals surface area (Å²) >= 11 is 0. The summed E-state index contributed by atoms with van der Waals surface area (Å²) < 4.78 is 3.15. The predicted molar refractivity (Wildman–Crippen MR) is 86.3 cm³/mol. The van der Waals surface area contributed by atoms with E-state index in [1.807, 2.05) is 6.92 Å². The summed E-state index contributed by atoms with van der Waals surface area (Å²) in [6.07, 6.45) is 8.00. The van der Waals surface area contributed by atoms with Gasteiger partial charge in [-0.3, -0.25) is 14.2 Å². The van der Waals surface area contributed by atoms with Crippen molar-refractivity contribution in [2.24, 2.45) is 4.99 Å². The van der Waals surface area contributed by atoms with Crippen LogP contribution in [0.1, 0.15) is 20.8 Å². The van der Waals surface area contributed by atoms with Crippen LogP contribution in [0.3, 0.4) is 0 Å². The van der Waals surface area contributed by atoms with Crippen molar-refractivity contribution >= 4 is 17.4 Å². The van der Waals surface area contributed by atoms with E-state index in [-0.39, 0.29) is 6.03 Å². The van der Waals surface area contributed by atoms with Gasteiger partial charge in [0.15, 0.2) is 0 Å². The summed E-state index contributed by atoms with van der Waals surface area (Å²) in [7, 11) is 1.78. The minimum atomic E-state index is -0.272. The van der Waals surface area contributed by atoms with Crippen LogP contribution in [0.25, 0.3) is 0 Å². The van der Waals surface area contributed by atoms with Gasteiger partial charge in [-0.2, -0.15) is 5.10 Å². The van der Waals surface area contributed by atoms with E-state index in [9.17, 15) is 4.79 Å². The summed E-state index contributed by atoms with van der Waals surface area (Å²) in [5.74, 6) is 0. The van der Waals surface area contributed by atoms with Crippen LogP contribution in [0.15, 0.2) is 47.3 Å². The number of carbonyl (C=O) groups excluding carboxylic acids is 1. The first-order valence-electron chi connectivity index (χ1n) is 6.93. The number of hydrogen-bond donors (Lipinski definition) is 1. The third-order valence-corrected chi connectivity index (χ3v) is 3.32. The molecule has 2 aromatic heterocycles. The molecule has 2 rings (SSSR count). The number of rotatable bonds is 4. The van der Waals surface area contributed by atoms with Crippen molar-refractivity contribution < 1.29 is 4.79 Å². The Bertz CT molecular complexity index is 704. The number of carbonyl (C=O) groups is 1. The monoisotopic (exact) mass is 300 g/mol. The lowest BCUT2D eigenvalue weighted by Gasteiger charge is -2.09. The van der Waals surface area contributed by atoms with Crippen LogP contribution < -0.4 is 5.32 Å². The van der Waals surface area contributed by atoms with E-state index in [2.05, 4.69) is 34.2 Å². The van der Waals surface area contributed by atoms with Crippen LogP contribution in [0, 0.1) is 0 Å². The quantitative estimate of drug-likeness (QED) is 0.882. The van der Waals surface area contributed by atoms with E-state index >= 15 is 0 Å². The molecule has 0 saturated carbocycles. The topological polar surface area (TPSA) is 77.1 Å². The SMILES string of the molecule is CN=C(C)C(Cn1cc(NC(=O)n2ccnc2)cn1)=C(C)C. The molecule has 0 saturated heterocycles. The fourth-order valence-corrected chi connectivity index (χ4v) is 2.01. The van der Waals surface area contributed by atoms with Gasteiger partial charge in [-0.05, 0) is 26.3 Å². The van der Waals surface area contributed by atoms with Crippen molar-refractivity contribution in [2.75, 3.05) is 12.4 Å². The number of aliphatic imine (C=N–C) groups is 1. The van der Waals surface area contributed by atoms with Crippen LogP contribution in [0.5, 0.6) is 0 Å². The van der Waals surface area contributed by atoms with Gasteiger partial charge in [0, 0.05) is 31.3 Å². The van der Waals surface area contributed by atoms with Gasteiger partial charge in [-0.1, -0.05) is 5.57 Å². The number of allylic oxidation sites excluding steroid dienone is 2. The Labute approximate surface area is 129 Å². The highest BCUT2D eigenvalue weighted by atomic mass is 16.2. The van der Waals surface area contributed by atoms with E-state index in [1.165, 1.54) is 16.5 Å². The predicted octanol–water partition coefficient (Wildman–Crippen LogP) is 2.59. The molecule has 7 heteroatoms. The molecule has 0 spiro atoms. The van der Waals surface area contributed by atoms with E-state index in [0.717, 1.165) is 11.3 Å². The van der Waals surface area contributed by atoms with Gasteiger partial charge < -0.3 is 5.32 Å². The average Bonchev–Trinajstić information content (AvgIpc) is 3.15. The minimum Gasteiger partial charge on any atom is -0.304 e. The van der Waals surface area contributed by atoms with Crippen LogP contribution >= 0.6 is 0 Å². The largest absolute Gasteiger partial charge is 0.331 e. The highest BCUT2D eigenvalue weighted by Crippen LogP contribution is 2.12. The molecule has 22 heavy (non-hydrogen) atoms. The van der Waals surface area contributed by atoms with E-state index in [0.29, 0.717) is 12.2 Å². The van der Waals surface area contributed by atoms with Crippen molar-refractivity contribution in [1.29, 1.82) is 0 Å². The third kappa shape index (κ3) is 3.69. The summed E-state index contributed by atoms with van der Waals surface area (Å²) in [6, 6.07) is -0.272. The van der Waals surface area contributed by atoms with Gasteiger partial charge in [-0.25, -0.2) is 9.78 Å². The molecule has 0 fully saturated rings. The number of anilines is 1. The lowest BCUT2D eigenvalue weighted by atomic mass is 10.1. The number of imidazole rings is 1. The van der Waals surface area contributed by atoms with Crippen LogP contribution in [0.2, 0.25) is 0 Å². The number of aromatic nitrogens is 4. The van der Waals surface area contributed by atoms with Gasteiger partial charge in [0.1, 0.15) is 6.33 Å². The number of nitrogens with one attached hydrogen (secondary N) is 1. The molecule has 2 aromatic rings. The zero-order valence-corrected chi connectivity index (χ0v) is 13.2. The molecule has 2 heterocycles. The van der Waals surface area contributed by atoms with Crippen LogP contribution in [-0.4, -0.2) is 38.1 Å². The Balaban J connectivity index is 2.08. The maximum atomic E-state index is 11.9. The highest BCUT2D eigenvalue weighted by Gasteiger charge is 2.09. The summed E-state index contributed by atoms with van der Waals surface area (Å²) in [4.78, 5) is 20.0. The average molecular weight is 300 g/mol. The van der Waals surface area contributed by atoms with Crippen LogP contribution in [-0.2, 0) is 6.54 Å². The second kappa shape index (κ2) is 6.84. The Kier molecular flexibility index (Phi) is 4.88. The van der Waals surface area contributed by atoms with E-state index in [1.54, 1.807) is 36.5 Å². The summed E-state index contributed by atoms with van der Waals surface area (Å²) in [5.41, 5.74) is 3.96. The normalized spacial score (nSPS) is 11.4. The second-order valence-corrected chi connectivity index (χ2v) is 5.11. The molecule has 7 nitrogen and oxygen atoms in total. The van der Waals surface area contributed by atoms with Crippen molar-refractivity contribution in [3.8, 4) is 0 Å².